The van der Waals surface area contributed by atoms with Gasteiger partial charge in [-0.1, -0.05) is 33.1 Å². The predicted octanol–water partition coefficient (Wildman–Crippen LogP) is -2.38. The van der Waals surface area contributed by atoms with Crippen LogP contribution in [0.25, 0.3) is 0 Å². The van der Waals surface area contributed by atoms with Crippen molar-refractivity contribution in [3.05, 3.63) is 0 Å². The van der Waals surface area contributed by atoms with Gasteiger partial charge in [0.25, 0.3) is 0 Å². The molecule has 3 N–H and O–H groups in total. The van der Waals surface area contributed by atoms with E-state index in [2.05, 4.69) is 0 Å². The number of aliphatic hydroxyl groups is 3. The first-order valence-electron chi connectivity index (χ1n) is 10.6. The van der Waals surface area contributed by atoms with Crippen molar-refractivity contribution in [2.45, 2.75) is 97.0 Å². The molecule has 0 bridgehead atoms. The van der Waals surface area contributed by atoms with Gasteiger partial charge in [-0.2, -0.15) is 0 Å². The van der Waals surface area contributed by atoms with E-state index in [1.54, 1.807) is 13.8 Å². The molecule has 0 aliphatic carbocycles. The summed E-state index contributed by atoms with van der Waals surface area (Å²) in [5.74, 6) is -3.02. The monoisotopic (exact) mass is 500 g/mol. The summed E-state index contributed by atoms with van der Waals surface area (Å²) in [6.45, 7) is 3.66. The van der Waals surface area contributed by atoms with Crippen molar-refractivity contribution in [1.82, 2.24) is 0 Å². The number of hydrogen-bond donors (Lipinski definition) is 3. The van der Waals surface area contributed by atoms with Crippen molar-refractivity contribution >= 4 is 17.9 Å². The zero-order valence-electron chi connectivity index (χ0n) is 19.4. The summed E-state index contributed by atoms with van der Waals surface area (Å²) in [4.78, 5) is 29.4. The summed E-state index contributed by atoms with van der Waals surface area (Å²) in [6, 6.07) is 0. The first-order chi connectivity index (χ1) is 14.5. The van der Waals surface area contributed by atoms with Crippen LogP contribution in [0.5, 0.6) is 0 Å². The van der Waals surface area contributed by atoms with E-state index in [9.17, 15) is 34.8 Å². The molecule has 0 radical (unpaired) electrons. The van der Waals surface area contributed by atoms with Crippen molar-refractivity contribution in [3.8, 4) is 0 Å². The normalized spacial score (nSPS) is 9.09. The van der Waals surface area contributed by atoms with Crippen LogP contribution in [0.4, 0.5) is 0 Å². The molecule has 11 heteroatoms. The quantitative estimate of drug-likeness (QED) is 0.161. The van der Waals surface area contributed by atoms with Crippen LogP contribution in [0.15, 0.2) is 0 Å². The zero-order chi connectivity index (χ0) is 24.9. The molecule has 0 heterocycles. The standard InChI is InChI=1S/3C6H12O3.C3H7O.Ti/c3*7-5-3-1-2-4-6(8)9;1-3(2)4;/h3*7H,1-5H2,(H,8,9);3H,1-2H3;/q;;;-1;+4/p-3. The third-order valence-electron chi connectivity index (χ3n) is 3.12. The number of aliphatic carboxylic acids is 3. The Bertz CT molecular complexity index is 338. The van der Waals surface area contributed by atoms with E-state index in [0.29, 0.717) is 38.5 Å². The van der Waals surface area contributed by atoms with Gasteiger partial charge in [-0.15, -0.1) is 6.10 Å². The van der Waals surface area contributed by atoms with Crippen LogP contribution in [-0.4, -0.2) is 59.2 Å². The molecule has 10 nitrogen and oxygen atoms in total. The van der Waals surface area contributed by atoms with Crippen LogP contribution in [-0.2, 0) is 36.1 Å². The number of carbonyl (C=O) groups is 3. The molecule has 0 saturated carbocycles. The average molecular weight is 500 g/mol. The van der Waals surface area contributed by atoms with Gasteiger partial charge in [-0.25, -0.2) is 0 Å². The summed E-state index contributed by atoms with van der Waals surface area (Å²) in [6.07, 6.45) is 6.13. The first-order valence-corrected chi connectivity index (χ1v) is 10.6. The molecule has 0 amide bonds. The summed E-state index contributed by atoms with van der Waals surface area (Å²) in [7, 11) is 0. The first kappa shape index (κ1) is 41.2. The van der Waals surface area contributed by atoms with Gasteiger partial charge < -0.3 is 50.1 Å². The van der Waals surface area contributed by atoms with E-state index < -0.39 is 24.0 Å². The fourth-order valence-electron chi connectivity index (χ4n) is 1.67. The van der Waals surface area contributed by atoms with E-state index >= 15 is 0 Å². The predicted molar refractivity (Wildman–Crippen MR) is 107 cm³/mol. The van der Waals surface area contributed by atoms with E-state index in [0.717, 1.165) is 19.3 Å². The van der Waals surface area contributed by atoms with E-state index in [-0.39, 0.29) is 60.8 Å². The number of hydrogen-bond acceptors (Lipinski definition) is 10. The van der Waals surface area contributed by atoms with Gasteiger partial charge in [-0.05, 0) is 57.8 Å². The maximum atomic E-state index is 9.79. The van der Waals surface area contributed by atoms with Gasteiger partial charge in [0, 0.05) is 37.7 Å². The van der Waals surface area contributed by atoms with Gasteiger partial charge in [0.1, 0.15) is 0 Å². The van der Waals surface area contributed by atoms with Crippen molar-refractivity contribution < 1.29 is 71.8 Å². The third-order valence-corrected chi connectivity index (χ3v) is 3.12. The molecular weight excluding hydrogens is 460 g/mol. The molecule has 0 unspecified atom stereocenters. The molecule has 0 aromatic carbocycles. The van der Waals surface area contributed by atoms with Crippen LogP contribution >= 0.6 is 0 Å². The Labute approximate surface area is 206 Å². The fraction of sp³-hybridized carbons (Fsp3) is 0.857. The smallest absolute Gasteiger partial charge is 0.852 e. The molecule has 188 valence electrons. The third kappa shape index (κ3) is 78.7. The molecule has 0 fully saturated rings. The van der Waals surface area contributed by atoms with Gasteiger partial charge in [0.2, 0.25) is 0 Å². The molecule has 0 aromatic heterocycles. The molecule has 0 rings (SSSR count). The second kappa shape index (κ2) is 37.3. The second-order valence-corrected chi connectivity index (χ2v) is 6.77. The number of rotatable bonds is 15. The molecule has 0 aliphatic heterocycles. The maximum Gasteiger partial charge on any atom is 4.00 e. The topological polar surface area (TPSA) is 204 Å². The Kier molecular flexibility index (Phi) is 48.1. The minimum absolute atomic E-state index is 0. The van der Waals surface area contributed by atoms with Crippen LogP contribution in [0, 0.1) is 0 Å². The molecule has 0 spiro atoms. The Morgan fingerprint density at radius 1 is 0.562 bits per heavy atom. The summed E-state index contributed by atoms with van der Waals surface area (Å²) >= 11 is 0. The maximum absolute atomic E-state index is 9.79. The second-order valence-electron chi connectivity index (χ2n) is 6.77. The Balaban J connectivity index is -0.000000104. The largest absolute Gasteiger partial charge is 4.00 e. The summed E-state index contributed by atoms with van der Waals surface area (Å²) < 4.78 is 0. The number of carbonyl (C=O) groups excluding carboxylic acids is 3. The van der Waals surface area contributed by atoms with E-state index in [1.807, 2.05) is 0 Å². The molecule has 0 atom stereocenters. The summed E-state index contributed by atoms with van der Waals surface area (Å²) in [5.41, 5.74) is 0. The Morgan fingerprint density at radius 3 is 0.875 bits per heavy atom. The van der Waals surface area contributed by atoms with Gasteiger partial charge >= 0.3 is 21.7 Å². The van der Waals surface area contributed by atoms with Crippen LogP contribution < -0.4 is 20.4 Å². The summed E-state index contributed by atoms with van der Waals surface area (Å²) in [5, 5.41) is 63.7. The number of carboxylic acids is 3. The fourth-order valence-corrected chi connectivity index (χ4v) is 1.67. The number of aliphatic hydroxyl groups excluding tert-OH is 3. The van der Waals surface area contributed by atoms with E-state index in [4.69, 9.17) is 15.3 Å². The molecule has 0 saturated heterocycles. The van der Waals surface area contributed by atoms with Gasteiger partial charge in [0.15, 0.2) is 0 Å². The van der Waals surface area contributed by atoms with Crippen molar-refractivity contribution in [3.63, 3.8) is 0 Å². The van der Waals surface area contributed by atoms with Crippen molar-refractivity contribution in [2.75, 3.05) is 19.8 Å². The zero-order valence-corrected chi connectivity index (χ0v) is 20.9. The van der Waals surface area contributed by atoms with Crippen LogP contribution in [0.2, 0.25) is 0 Å². The van der Waals surface area contributed by atoms with Gasteiger partial charge in [0.05, 0.1) is 0 Å². The minimum atomic E-state index is -1.01. The molecule has 0 aromatic rings. The van der Waals surface area contributed by atoms with Crippen LogP contribution in [0.1, 0.15) is 90.9 Å². The molecule has 0 aliphatic rings. The van der Waals surface area contributed by atoms with Crippen LogP contribution in [0.3, 0.4) is 0 Å². The molecule has 32 heavy (non-hydrogen) atoms. The van der Waals surface area contributed by atoms with Crippen molar-refractivity contribution in [1.29, 1.82) is 0 Å². The minimum Gasteiger partial charge on any atom is -0.852 e. The van der Waals surface area contributed by atoms with Gasteiger partial charge in [-0.3, -0.25) is 0 Å². The SMILES string of the molecule is CC(C)[O-].O=C([O-])CCCCCO.O=C([O-])CCCCCO.O=C([O-])CCCCCO.[Ti+4]. The number of carboxylic acid groups (broad SMARTS) is 3. The van der Waals surface area contributed by atoms with E-state index in [1.165, 1.54) is 0 Å². The Hall–Kier alpha value is -1.04. The van der Waals surface area contributed by atoms with Crippen molar-refractivity contribution in [2.24, 2.45) is 0 Å². The number of unbranched alkanes of at least 4 members (excludes halogenated alkanes) is 6. The average Bonchev–Trinajstić information content (AvgIpc) is 2.66. The Morgan fingerprint density at radius 2 is 0.750 bits per heavy atom. The molecular formula is C21H40O10Ti.